The number of amides is 1. The average Bonchev–Trinajstić information content (AvgIpc) is 3.64. The minimum absolute atomic E-state index is 0.159. The highest BCUT2D eigenvalue weighted by molar-refractivity contribution is 5.92. The number of hydrogen-bond acceptors (Lipinski definition) is 9. The van der Waals surface area contributed by atoms with Crippen LogP contribution in [0.25, 0.3) is 22.3 Å². The number of H-pyrrole nitrogens is 1. The van der Waals surface area contributed by atoms with Gasteiger partial charge in [-0.25, -0.2) is 19.9 Å². The van der Waals surface area contributed by atoms with Gasteiger partial charge in [0.2, 0.25) is 5.82 Å². The van der Waals surface area contributed by atoms with Gasteiger partial charge in [0.05, 0.1) is 35.6 Å². The summed E-state index contributed by atoms with van der Waals surface area (Å²) in [4.78, 5) is 35.6. The van der Waals surface area contributed by atoms with Crippen molar-refractivity contribution >= 4 is 16.9 Å². The molecule has 1 saturated carbocycles. The van der Waals surface area contributed by atoms with Crippen molar-refractivity contribution in [3.05, 3.63) is 54.3 Å². The highest BCUT2D eigenvalue weighted by Gasteiger charge is 2.49. The van der Waals surface area contributed by atoms with E-state index in [0.717, 1.165) is 28.4 Å². The lowest BCUT2D eigenvalue weighted by Crippen LogP contribution is -2.60. The lowest BCUT2D eigenvalue weighted by molar-refractivity contribution is -0.145. The fourth-order valence-electron chi connectivity index (χ4n) is 5.89. The molecule has 15 heteroatoms. The number of carbonyl (C=O) groups is 1. The van der Waals surface area contributed by atoms with Crippen LogP contribution in [0.4, 0.5) is 13.2 Å². The molecule has 12 nitrogen and oxygen atoms in total. The molecule has 1 saturated heterocycles. The Morgan fingerprint density at radius 3 is 2.60 bits per heavy atom. The summed E-state index contributed by atoms with van der Waals surface area (Å²) in [5, 5.41) is 25.4. The van der Waals surface area contributed by atoms with Gasteiger partial charge in [0.25, 0.3) is 5.91 Å². The second-order valence-corrected chi connectivity index (χ2v) is 11.6. The Morgan fingerprint density at radius 1 is 1.19 bits per heavy atom. The molecule has 6 rings (SSSR count). The Hall–Kier alpha value is -4.42. The summed E-state index contributed by atoms with van der Waals surface area (Å²) in [6.07, 6.45) is 3.74. The Morgan fingerprint density at radius 2 is 1.93 bits per heavy atom. The van der Waals surface area contributed by atoms with Gasteiger partial charge in [-0.15, -0.1) is 0 Å². The SMILES string of the molecule is CC(C)(O)c1cc(C(=O)N2CCN([C@H]3C[C@@](CC#N)(n4cc(-c5ncnc6[nH]ccc56)cn4)C3)CC2)nc(C(F)(F)F)n1. The second-order valence-electron chi connectivity index (χ2n) is 11.6. The monoisotopic (exact) mass is 594 g/mol. The number of nitrogens with one attached hydrogen (secondary N) is 1. The molecule has 0 radical (unpaired) electrons. The molecule has 2 aliphatic rings. The Balaban J connectivity index is 1.13. The highest BCUT2D eigenvalue weighted by Crippen LogP contribution is 2.45. The largest absolute Gasteiger partial charge is 0.451 e. The molecular formula is C28H29F3N10O2. The normalized spacial score (nSPS) is 21.5. The molecule has 4 aromatic rings. The number of nitriles is 1. The van der Waals surface area contributed by atoms with Gasteiger partial charge in [-0.05, 0) is 38.8 Å². The summed E-state index contributed by atoms with van der Waals surface area (Å²) in [5.41, 5.74) is -0.539. The molecule has 1 aliphatic carbocycles. The van der Waals surface area contributed by atoms with Crippen LogP contribution in [0.3, 0.4) is 0 Å². The molecule has 1 amide bonds. The van der Waals surface area contributed by atoms with E-state index >= 15 is 0 Å². The Bertz CT molecular complexity index is 1670. The van der Waals surface area contributed by atoms with E-state index in [1.165, 1.54) is 25.1 Å². The molecule has 4 aromatic heterocycles. The van der Waals surface area contributed by atoms with Gasteiger partial charge in [-0.3, -0.25) is 14.4 Å². The Kier molecular flexibility index (Phi) is 6.93. The average molecular weight is 595 g/mol. The van der Waals surface area contributed by atoms with Crippen LogP contribution in [-0.4, -0.2) is 87.7 Å². The van der Waals surface area contributed by atoms with Crippen molar-refractivity contribution in [2.24, 2.45) is 0 Å². The van der Waals surface area contributed by atoms with Crippen LogP contribution in [0.5, 0.6) is 0 Å². The van der Waals surface area contributed by atoms with E-state index in [-0.39, 0.29) is 18.2 Å². The van der Waals surface area contributed by atoms with Gasteiger partial charge >= 0.3 is 6.18 Å². The predicted octanol–water partition coefficient (Wildman–Crippen LogP) is 3.09. The molecule has 2 fully saturated rings. The number of nitrogens with zero attached hydrogens (tertiary/aromatic N) is 9. The molecule has 43 heavy (non-hydrogen) atoms. The van der Waals surface area contributed by atoms with Crippen LogP contribution in [0.15, 0.2) is 37.1 Å². The quantitative estimate of drug-likeness (QED) is 0.343. The summed E-state index contributed by atoms with van der Waals surface area (Å²) in [6.45, 7) is 4.24. The lowest BCUT2D eigenvalue weighted by atomic mass is 9.70. The maximum Gasteiger partial charge on any atom is 0.451 e. The second kappa shape index (κ2) is 10.4. The first-order chi connectivity index (χ1) is 20.4. The summed E-state index contributed by atoms with van der Waals surface area (Å²) >= 11 is 0. The number of aromatic amines is 1. The first-order valence-corrected chi connectivity index (χ1v) is 13.8. The summed E-state index contributed by atoms with van der Waals surface area (Å²) in [5.74, 6) is -2.10. The maximum atomic E-state index is 13.4. The van der Waals surface area contributed by atoms with Crippen molar-refractivity contribution in [3.8, 4) is 17.3 Å². The number of aromatic nitrogens is 7. The summed E-state index contributed by atoms with van der Waals surface area (Å²) in [6, 6.07) is 5.49. The number of aliphatic hydroxyl groups is 1. The van der Waals surface area contributed by atoms with Crippen molar-refractivity contribution < 1.29 is 23.1 Å². The van der Waals surface area contributed by atoms with E-state index < -0.39 is 34.7 Å². The first-order valence-electron chi connectivity index (χ1n) is 13.8. The van der Waals surface area contributed by atoms with Crippen molar-refractivity contribution in [2.75, 3.05) is 26.2 Å². The van der Waals surface area contributed by atoms with E-state index in [1.54, 1.807) is 12.4 Å². The first kappa shape index (κ1) is 28.7. The minimum atomic E-state index is -4.87. The fraction of sp³-hybridized carbons (Fsp3) is 0.464. The van der Waals surface area contributed by atoms with Crippen LogP contribution in [-0.2, 0) is 17.3 Å². The van der Waals surface area contributed by atoms with Crippen LogP contribution >= 0.6 is 0 Å². The summed E-state index contributed by atoms with van der Waals surface area (Å²) in [7, 11) is 0. The number of piperazine rings is 1. The van der Waals surface area contributed by atoms with Crippen LogP contribution in [0.1, 0.15) is 55.1 Å². The molecular weight excluding hydrogens is 565 g/mol. The van der Waals surface area contributed by atoms with Gasteiger partial charge in [0.15, 0.2) is 0 Å². The molecule has 2 N–H and O–H groups in total. The zero-order valence-corrected chi connectivity index (χ0v) is 23.5. The molecule has 0 bridgehead atoms. The molecule has 224 valence electrons. The lowest BCUT2D eigenvalue weighted by Gasteiger charge is -2.52. The molecule has 1 aliphatic heterocycles. The molecule has 0 aromatic carbocycles. The van der Waals surface area contributed by atoms with Crippen molar-refractivity contribution in [1.29, 1.82) is 5.26 Å². The fourth-order valence-corrected chi connectivity index (χ4v) is 5.89. The molecule has 0 atom stereocenters. The van der Waals surface area contributed by atoms with Gasteiger partial charge in [0.1, 0.15) is 23.3 Å². The molecule has 5 heterocycles. The topological polar surface area (TPSA) is 153 Å². The third-order valence-corrected chi connectivity index (χ3v) is 8.28. The van der Waals surface area contributed by atoms with Gasteiger partial charge in [-0.2, -0.15) is 23.5 Å². The van der Waals surface area contributed by atoms with Crippen molar-refractivity contribution in [3.63, 3.8) is 0 Å². The van der Waals surface area contributed by atoms with E-state index in [2.05, 4.69) is 41.0 Å². The highest BCUT2D eigenvalue weighted by atomic mass is 19.4. The number of fused-ring (bicyclic) bond motifs is 1. The minimum Gasteiger partial charge on any atom is -0.384 e. The van der Waals surface area contributed by atoms with E-state index in [1.807, 2.05) is 16.9 Å². The van der Waals surface area contributed by atoms with Crippen molar-refractivity contribution in [2.45, 2.75) is 56.5 Å². The van der Waals surface area contributed by atoms with Gasteiger partial charge < -0.3 is 15.0 Å². The zero-order chi connectivity index (χ0) is 30.6. The zero-order valence-electron chi connectivity index (χ0n) is 23.5. The van der Waals surface area contributed by atoms with Gasteiger partial charge in [-0.1, -0.05) is 0 Å². The Labute approximate surface area is 244 Å². The van der Waals surface area contributed by atoms with Crippen LogP contribution in [0.2, 0.25) is 0 Å². The standard InChI is InChI=1S/C28H29F3N10O2/c1-26(2,43)21-11-20(37-25(38-21)28(29,30)31)24(42)40-9-7-39(8-10-40)18-12-27(13-18,4-5-32)41-15-17(14-36-41)22-19-3-6-33-23(19)35-16-34-22/h3,6,11,14-16,18,43H,4,7-10,12-13H2,1-2H3,(H,33,34,35)/t18-,27+. The number of rotatable bonds is 6. The number of alkyl halides is 3. The van der Waals surface area contributed by atoms with Crippen molar-refractivity contribution in [1.82, 2.24) is 44.5 Å². The van der Waals surface area contributed by atoms with Crippen LogP contribution in [0, 0.1) is 11.3 Å². The predicted molar refractivity (Wildman–Crippen MR) is 146 cm³/mol. The summed E-state index contributed by atoms with van der Waals surface area (Å²) < 4.78 is 42.2. The number of hydrogen-bond donors (Lipinski definition) is 2. The van der Waals surface area contributed by atoms with E-state index in [0.29, 0.717) is 39.0 Å². The maximum absolute atomic E-state index is 13.4. The number of halogens is 3. The molecule has 0 unspecified atom stereocenters. The third kappa shape index (κ3) is 5.32. The van der Waals surface area contributed by atoms with E-state index in [4.69, 9.17) is 0 Å². The van der Waals surface area contributed by atoms with Crippen LogP contribution < -0.4 is 0 Å². The molecule has 0 spiro atoms. The third-order valence-electron chi connectivity index (χ3n) is 8.28. The number of carbonyl (C=O) groups excluding carboxylic acids is 1. The van der Waals surface area contributed by atoms with Gasteiger partial charge in [0, 0.05) is 55.6 Å². The smallest absolute Gasteiger partial charge is 0.384 e. The van der Waals surface area contributed by atoms with E-state index in [9.17, 15) is 28.3 Å².